The van der Waals surface area contributed by atoms with E-state index >= 15 is 0 Å². The van der Waals surface area contributed by atoms with Crippen LogP contribution in [0.15, 0.2) is 36.4 Å². The Morgan fingerprint density at radius 1 is 1.16 bits per heavy atom. The van der Waals surface area contributed by atoms with Gasteiger partial charge in [-0.2, -0.15) is 13.2 Å². The van der Waals surface area contributed by atoms with Crippen molar-refractivity contribution in [1.29, 1.82) is 0 Å². The van der Waals surface area contributed by atoms with Crippen molar-refractivity contribution in [1.82, 2.24) is 0 Å². The smallest absolute Gasteiger partial charge is 0.416 e. The molecule has 0 saturated heterocycles. The van der Waals surface area contributed by atoms with Crippen molar-refractivity contribution >= 4 is 23.3 Å². The highest BCUT2D eigenvalue weighted by Gasteiger charge is 2.31. The Hall–Kier alpha value is -2.85. The van der Waals surface area contributed by atoms with Gasteiger partial charge in [0.1, 0.15) is 18.1 Å². The van der Waals surface area contributed by atoms with Gasteiger partial charge >= 0.3 is 12.1 Å². The normalized spacial score (nSPS) is 11.5. The SMILES string of the molecule is CC(C)OCCOC(=O)Cc1cc(Oc2ccc(C(F)(F)F)cc2Cl)ccc1[N+](=O)[O-]. The number of ether oxygens (including phenoxy) is 3. The Morgan fingerprint density at radius 2 is 1.87 bits per heavy atom. The number of nitrogens with zero attached hydrogens (tertiary/aromatic N) is 1. The van der Waals surface area contributed by atoms with E-state index in [0.717, 1.165) is 18.2 Å². The van der Waals surface area contributed by atoms with E-state index in [4.69, 9.17) is 25.8 Å². The minimum Gasteiger partial charge on any atom is -0.463 e. The number of benzene rings is 2. The largest absolute Gasteiger partial charge is 0.463 e. The van der Waals surface area contributed by atoms with Crippen molar-refractivity contribution in [3.8, 4) is 11.5 Å². The van der Waals surface area contributed by atoms with E-state index in [1.54, 1.807) is 0 Å². The highest BCUT2D eigenvalue weighted by atomic mass is 35.5. The van der Waals surface area contributed by atoms with Gasteiger partial charge in [-0.05, 0) is 44.2 Å². The van der Waals surface area contributed by atoms with Gasteiger partial charge in [0.05, 0.1) is 34.6 Å². The Balaban J connectivity index is 2.16. The molecule has 0 bridgehead atoms. The second kappa shape index (κ2) is 10.5. The second-order valence-corrected chi connectivity index (χ2v) is 7.02. The summed E-state index contributed by atoms with van der Waals surface area (Å²) < 4.78 is 54.0. The molecule has 0 amide bonds. The molecule has 2 aromatic rings. The van der Waals surface area contributed by atoms with Gasteiger partial charge in [0.2, 0.25) is 0 Å². The maximum Gasteiger partial charge on any atom is 0.416 e. The van der Waals surface area contributed by atoms with Crippen LogP contribution < -0.4 is 4.74 Å². The molecule has 0 aliphatic heterocycles. The molecule has 0 unspecified atom stereocenters. The molecule has 11 heteroatoms. The zero-order valence-corrected chi connectivity index (χ0v) is 17.3. The molecule has 0 atom stereocenters. The molecule has 2 rings (SSSR count). The number of alkyl halides is 3. The molecule has 0 saturated carbocycles. The summed E-state index contributed by atoms with van der Waals surface area (Å²) in [5.41, 5.74) is -1.26. The quantitative estimate of drug-likeness (QED) is 0.210. The lowest BCUT2D eigenvalue weighted by molar-refractivity contribution is -0.385. The first-order valence-electron chi connectivity index (χ1n) is 9.06. The third-order valence-corrected chi connectivity index (χ3v) is 4.16. The average molecular weight is 462 g/mol. The summed E-state index contributed by atoms with van der Waals surface area (Å²) in [6, 6.07) is 6.15. The predicted molar refractivity (Wildman–Crippen MR) is 105 cm³/mol. The summed E-state index contributed by atoms with van der Waals surface area (Å²) in [7, 11) is 0. The van der Waals surface area contributed by atoms with Gasteiger partial charge in [-0.3, -0.25) is 14.9 Å². The predicted octanol–water partition coefficient (Wildman–Crippen LogP) is 5.57. The number of carbonyl (C=O) groups excluding carboxylic acids is 1. The minimum absolute atomic E-state index is 0.0117. The summed E-state index contributed by atoms with van der Waals surface area (Å²) in [6.07, 6.45) is -5.01. The maximum absolute atomic E-state index is 12.8. The van der Waals surface area contributed by atoms with Crippen molar-refractivity contribution in [2.75, 3.05) is 13.2 Å². The number of nitro groups is 1. The van der Waals surface area contributed by atoms with Gasteiger partial charge in [0.25, 0.3) is 5.69 Å². The molecule has 0 radical (unpaired) electrons. The van der Waals surface area contributed by atoms with Crippen molar-refractivity contribution in [3.63, 3.8) is 0 Å². The molecule has 7 nitrogen and oxygen atoms in total. The van der Waals surface area contributed by atoms with Crippen LogP contribution in [0, 0.1) is 10.1 Å². The number of hydrogen-bond donors (Lipinski definition) is 0. The lowest BCUT2D eigenvalue weighted by Crippen LogP contribution is -2.15. The van der Waals surface area contributed by atoms with Crippen LogP contribution in [-0.2, 0) is 26.9 Å². The van der Waals surface area contributed by atoms with Crippen LogP contribution in [-0.4, -0.2) is 30.2 Å². The Labute approximate surface area is 180 Å². The lowest BCUT2D eigenvalue weighted by Gasteiger charge is -2.12. The summed E-state index contributed by atoms with van der Waals surface area (Å²) in [5.74, 6) is -0.735. The fourth-order valence-electron chi connectivity index (χ4n) is 2.48. The highest BCUT2D eigenvalue weighted by molar-refractivity contribution is 6.32. The monoisotopic (exact) mass is 461 g/mol. The lowest BCUT2D eigenvalue weighted by atomic mass is 10.1. The molecule has 0 heterocycles. The first-order chi connectivity index (χ1) is 14.5. The van der Waals surface area contributed by atoms with E-state index in [1.165, 1.54) is 12.1 Å². The maximum atomic E-state index is 12.8. The molecule has 168 valence electrons. The van der Waals surface area contributed by atoms with Crippen LogP contribution >= 0.6 is 11.6 Å². The van der Waals surface area contributed by atoms with Crippen LogP contribution in [0.3, 0.4) is 0 Å². The van der Waals surface area contributed by atoms with Gasteiger partial charge in [-0.25, -0.2) is 0 Å². The summed E-state index contributed by atoms with van der Waals surface area (Å²) in [6.45, 7) is 3.81. The fourth-order valence-corrected chi connectivity index (χ4v) is 2.70. The second-order valence-electron chi connectivity index (χ2n) is 6.61. The first kappa shape index (κ1) is 24.4. The molecule has 0 aromatic heterocycles. The molecular weight excluding hydrogens is 443 g/mol. The van der Waals surface area contributed by atoms with Crippen LogP contribution in [0.4, 0.5) is 18.9 Å². The Bertz CT molecular complexity index is 949. The number of rotatable bonds is 9. The van der Waals surface area contributed by atoms with Gasteiger partial charge in [-0.15, -0.1) is 0 Å². The topological polar surface area (TPSA) is 87.9 Å². The van der Waals surface area contributed by atoms with Crippen LogP contribution in [0.2, 0.25) is 5.02 Å². The van der Waals surface area contributed by atoms with Crippen LogP contribution in [0.5, 0.6) is 11.5 Å². The number of esters is 1. The van der Waals surface area contributed by atoms with Gasteiger partial charge in [0, 0.05) is 11.6 Å². The first-order valence-corrected chi connectivity index (χ1v) is 9.44. The summed E-state index contributed by atoms with van der Waals surface area (Å²) in [4.78, 5) is 22.6. The van der Waals surface area contributed by atoms with E-state index < -0.39 is 29.1 Å². The van der Waals surface area contributed by atoms with Crippen molar-refractivity contribution in [2.45, 2.75) is 32.5 Å². The molecule has 0 spiro atoms. The number of carbonyl (C=O) groups is 1. The molecule has 0 N–H and O–H groups in total. The van der Waals surface area contributed by atoms with E-state index in [9.17, 15) is 28.1 Å². The number of hydrogen-bond acceptors (Lipinski definition) is 6. The zero-order chi connectivity index (χ0) is 23.2. The third-order valence-electron chi connectivity index (χ3n) is 3.87. The molecule has 2 aromatic carbocycles. The molecular formula is C20H19ClF3NO6. The molecule has 0 aliphatic carbocycles. The van der Waals surface area contributed by atoms with Crippen molar-refractivity contribution in [2.24, 2.45) is 0 Å². The zero-order valence-electron chi connectivity index (χ0n) is 16.6. The fraction of sp³-hybridized carbons (Fsp3) is 0.350. The Morgan fingerprint density at radius 3 is 2.45 bits per heavy atom. The highest BCUT2D eigenvalue weighted by Crippen LogP contribution is 2.37. The minimum atomic E-state index is -4.57. The van der Waals surface area contributed by atoms with Gasteiger partial charge in [-0.1, -0.05) is 11.6 Å². The van der Waals surface area contributed by atoms with E-state index in [2.05, 4.69) is 0 Å². The molecule has 0 aliphatic rings. The van der Waals surface area contributed by atoms with Crippen LogP contribution in [0.25, 0.3) is 0 Å². The van der Waals surface area contributed by atoms with Crippen LogP contribution in [0.1, 0.15) is 25.0 Å². The molecule has 31 heavy (non-hydrogen) atoms. The summed E-state index contributed by atoms with van der Waals surface area (Å²) in [5, 5.41) is 11.0. The summed E-state index contributed by atoms with van der Waals surface area (Å²) >= 11 is 5.87. The van der Waals surface area contributed by atoms with Crippen molar-refractivity contribution < 1.29 is 37.1 Å². The molecule has 0 fully saturated rings. The number of nitro benzene ring substituents is 1. The van der Waals surface area contributed by atoms with E-state index in [-0.39, 0.29) is 47.1 Å². The third kappa shape index (κ3) is 7.41. The standard InChI is InChI=1S/C20H19ClF3NO6/c1-12(2)29-7-8-30-19(26)10-13-9-15(4-5-17(13)25(27)28)31-18-6-3-14(11-16(18)21)20(22,23)24/h3-6,9,11-12H,7-8,10H2,1-2H3. The van der Waals surface area contributed by atoms with Gasteiger partial charge in [0.15, 0.2) is 0 Å². The average Bonchev–Trinajstić information content (AvgIpc) is 2.66. The van der Waals surface area contributed by atoms with Gasteiger partial charge < -0.3 is 14.2 Å². The van der Waals surface area contributed by atoms with E-state index in [0.29, 0.717) is 6.07 Å². The number of halogens is 4. The van der Waals surface area contributed by atoms with Crippen molar-refractivity contribution in [3.05, 3.63) is 62.7 Å². The Kier molecular flexibility index (Phi) is 8.23. The van der Waals surface area contributed by atoms with E-state index in [1.807, 2.05) is 13.8 Å².